The van der Waals surface area contributed by atoms with Crippen molar-refractivity contribution in [3.8, 4) is 0 Å². The van der Waals surface area contributed by atoms with Crippen LogP contribution in [0.4, 0.5) is 18.9 Å². The molecule has 20 heavy (non-hydrogen) atoms. The van der Waals surface area contributed by atoms with E-state index < -0.39 is 11.9 Å². The Morgan fingerprint density at radius 2 is 2.15 bits per heavy atom. The van der Waals surface area contributed by atoms with Crippen molar-refractivity contribution in [1.82, 2.24) is 10.3 Å². The van der Waals surface area contributed by atoms with E-state index in [1.54, 1.807) is 0 Å². The SMILES string of the molecule is CCC1(C)CN(c2ccc(C(F)(F)F)nc2)CCCN1. The van der Waals surface area contributed by atoms with Crippen molar-refractivity contribution in [3.05, 3.63) is 24.0 Å². The first-order valence-corrected chi connectivity index (χ1v) is 6.87. The van der Waals surface area contributed by atoms with Crippen molar-refractivity contribution in [2.45, 2.75) is 38.4 Å². The lowest BCUT2D eigenvalue weighted by molar-refractivity contribution is -0.141. The van der Waals surface area contributed by atoms with Gasteiger partial charge in [0, 0.05) is 18.6 Å². The predicted octanol–water partition coefficient (Wildman–Crippen LogP) is 3.07. The highest BCUT2D eigenvalue weighted by Gasteiger charge is 2.33. The van der Waals surface area contributed by atoms with Crippen molar-refractivity contribution in [3.63, 3.8) is 0 Å². The van der Waals surface area contributed by atoms with E-state index in [2.05, 4.69) is 29.0 Å². The van der Waals surface area contributed by atoms with E-state index in [1.165, 1.54) is 12.3 Å². The van der Waals surface area contributed by atoms with E-state index in [1.807, 2.05) is 0 Å². The lowest BCUT2D eigenvalue weighted by Crippen LogP contribution is -2.48. The number of hydrogen-bond donors (Lipinski definition) is 1. The van der Waals surface area contributed by atoms with Crippen LogP contribution in [0.2, 0.25) is 0 Å². The van der Waals surface area contributed by atoms with Gasteiger partial charge in [-0.3, -0.25) is 0 Å². The van der Waals surface area contributed by atoms with E-state index in [-0.39, 0.29) is 5.54 Å². The highest BCUT2D eigenvalue weighted by Crippen LogP contribution is 2.29. The maximum Gasteiger partial charge on any atom is 0.433 e. The molecule has 1 N–H and O–H groups in total. The molecule has 1 atom stereocenters. The van der Waals surface area contributed by atoms with E-state index >= 15 is 0 Å². The molecule has 6 heteroatoms. The van der Waals surface area contributed by atoms with Gasteiger partial charge in [-0.15, -0.1) is 0 Å². The van der Waals surface area contributed by atoms with E-state index in [0.717, 1.165) is 44.2 Å². The number of alkyl halides is 3. The third-order valence-corrected chi connectivity index (χ3v) is 3.88. The molecule has 2 rings (SSSR count). The van der Waals surface area contributed by atoms with Gasteiger partial charge in [0.15, 0.2) is 0 Å². The third kappa shape index (κ3) is 3.42. The zero-order chi connectivity index (χ0) is 14.8. The molecule has 1 unspecified atom stereocenters. The van der Waals surface area contributed by atoms with Gasteiger partial charge in [0.1, 0.15) is 5.69 Å². The van der Waals surface area contributed by atoms with E-state index in [4.69, 9.17) is 0 Å². The number of pyridine rings is 1. The predicted molar refractivity (Wildman–Crippen MR) is 72.8 cm³/mol. The highest BCUT2D eigenvalue weighted by molar-refractivity contribution is 5.45. The largest absolute Gasteiger partial charge is 0.433 e. The Bertz CT molecular complexity index is 444. The molecule has 2 heterocycles. The van der Waals surface area contributed by atoms with Crippen molar-refractivity contribution in [1.29, 1.82) is 0 Å². The van der Waals surface area contributed by atoms with E-state index in [9.17, 15) is 13.2 Å². The molecule has 0 radical (unpaired) electrons. The average molecular weight is 287 g/mol. The molecule has 3 nitrogen and oxygen atoms in total. The first kappa shape index (κ1) is 15.1. The van der Waals surface area contributed by atoms with Crippen LogP contribution in [0.3, 0.4) is 0 Å². The molecule has 1 fully saturated rings. The molecule has 0 amide bonds. The number of nitrogens with zero attached hydrogens (tertiary/aromatic N) is 2. The average Bonchev–Trinajstić information content (AvgIpc) is 2.61. The van der Waals surface area contributed by atoms with Crippen molar-refractivity contribution in [2.24, 2.45) is 0 Å². The molecule has 0 aromatic carbocycles. The van der Waals surface area contributed by atoms with Crippen molar-refractivity contribution < 1.29 is 13.2 Å². The Morgan fingerprint density at radius 1 is 1.40 bits per heavy atom. The topological polar surface area (TPSA) is 28.2 Å². The highest BCUT2D eigenvalue weighted by atomic mass is 19.4. The summed E-state index contributed by atoms with van der Waals surface area (Å²) in [4.78, 5) is 5.65. The second-order valence-electron chi connectivity index (χ2n) is 5.52. The lowest BCUT2D eigenvalue weighted by Gasteiger charge is -2.33. The van der Waals surface area contributed by atoms with Crippen LogP contribution in [0, 0.1) is 0 Å². The second-order valence-corrected chi connectivity index (χ2v) is 5.52. The molecule has 1 aliphatic rings. The molecule has 1 aromatic heterocycles. The summed E-state index contributed by atoms with van der Waals surface area (Å²) in [6.07, 6.45) is -1.12. The molecular weight excluding hydrogens is 267 g/mol. The number of halogens is 3. The van der Waals surface area contributed by atoms with Gasteiger partial charge in [-0.25, -0.2) is 4.98 Å². The standard InChI is InChI=1S/C14H20F3N3/c1-3-13(2)10-20(8-4-7-19-13)11-5-6-12(18-9-11)14(15,16)17/h5-6,9,19H,3-4,7-8,10H2,1-2H3. The van der Waals surface area contributed by atoms with Gasteiger partial charge in [0.25, 0.3) is 0 Å². The van der Waals surface area contributed by atoms with Gasteiger partial charge in [0.2, 0.25) is 0 Å². The molecular formula is C14H20F3N3. The lowest BCUT2D eigenvalue weighted by atomic mass is 9.98. The van der Waals surface area contributed by atoms with Crippen LogP contribution in [-0.2, 0) is 6.18 Å². The van der Waals surface area contributed by atoms with Gasteiger partial charge in [-0.2, -0.15) is 13.2 Å². The summed E-state index contributed by atoms with van der Waals surface area (Å²) in [5.41, 5.74) is -0.104. The molecule has 1 saturated heterocycles. The zero-order valence-corrected chi connectivity index (χ0v) is 11.8. The summed E-state index contributed by atoms with van der Waals surface area (Å²) < 4.78 is 37.6. The maximum atomic E-state index is 12.5. The van der Waals surface area contributed by atoms with Gasteiger partial charge < -0.3 is 10.2 Å². The van der Waals surface area contributed by atoms with E-state index in [0.29, 0.717) is 0 Å². The molecule has 1 aliphatic heterocycles. The first-order chi connectivity index (χ1) is 9.34. The Balaban J connectivity index is 2.18. The molecule has 0 saturated carbocycles. The molecule has 0 spiro atoms. The van der Waals surface area contributed by atoms with Gasteiger partial charge in [-0.05, 0) is 38.4 Å². The summed E-state index contributed by atoms with van der Waals surface area (Å²) in [6, 6.07) is 2.56. The van der Waals surface area contributed by atoms with Gasteiger partial charge >= 0.3 is 6.18 Å². The monoisotopic (exact) mass is 287 g/mol. The molecule has 0 bridgehead atoms. The van der Waals surface area contributed by atoms with Crippen LogP contribution in [0.1, 0.15) is 32.4 Å². The van der Waals surface area contributed by atoms with Crippen LogP contribution < -0.4 is 10.2 Å². The fourth-order valence-electron chi connectivity index (χ4n) is 2.41. The van der Waals surface area contributed by atoms with Crippen LogP contribution in [0.5, 0.6) is 0 Å². The fraction of sp³-hybridized carbons (Fsp3) is 0.643. The van der Waals surface area contributed by atoms with Crippen LogP contribution in [0.25, 0.3) is 0 Å². The summed E-state index contributed by atoms with van der Waals surface area (Å²) in [5, 5.41) is 3.50. The van der Waals surface area contributed by atoms with Gasteiger partial charge in [0.05, 0.1) is 11.9 Å². The summed E-state index contributed by atoms with van der Waals surface area (Å²) >= 11 is 0. The van der Waals surface area contributed by atoms with Crippen LogP contribution >= 0.6 is 0 Å². The molecule has 1 aromatic rings. The van der Waals surface area contributed by atoms with Crippen LogP contribution in [0.15, 0.2) is 18.3 Å². The Morgan fingerprint density at radius 3 is 2.70 bits per heavy atom. The number of nitrogens with one attached hydrogen (secondary N) is 1. The first-order valence-electron chi connectivity index (χ1n) is 6.87. The Hall–Kier alpha value is -1.30. The van der Waals surface area contributed by atoms with Crippen molar-refractivity contribution in [2.75, 3.05) is 24.5 Å². The fourth-order valence-corrected chi connectivity index (χ4v) is 2.41. The summed E-state index contributed by atoms with van der Waals surface area (Å²) in [5.74, 6) is 0. The normalized spacial score (nSPS) is 24.6. The quantitative estimate of drug-likeness (QED) is 0.906. The number of hydrogen-bond acceptors (Lipinski definition) is 3. The zero-order valence-electron chi connectivity index (χ0n) is 11.8. The Labute approximate surface area is 117 Å². The molecule has 0 aliphatic carbocycles. The second kappa shape index (κ2) is 5.60. The number of rotatable bonds is 2. The minimum Gasteiger partial charge on any atom is -0.368 e. The smallest absolute Gasteiger partial charge is 0.368 e. The molecule has 112 valence electrons. The Kier molecular flexibility index (Phi) is 4.22. The van der Waals surface area contributed by atoms with Gasteiger partial charge in [-0.1, -0.05) is 6.92 Å². The minimum atomic E-state index is -4.38. The maximum absolute atomic E-state index is 12.5. The minimum absolute atomic E-state index is 0.0147. The van der Waals surface area contributed by atoms with Crippen molar-refractivity contribution >= 4 is 5.69 Å². The summed E-state index contributed by atoms with van der Waals surface area (Å²) in [7, 11) is 0. The number of anilines is 1. The van der Waals surface area contributed by atoms with Crippen LogP contribution in [-0.4, -0.2) is 30.2 Å². The summed E-state index contributed by atoms with van der Waals surface area (Å²) in [6.45, 7) is 6.78. The third-order valence-electron chi connectivity index (χ3n) is 3.88. The number of aromatic nitrogens is 1.